The number of amides is 2. The van der Waals surface area contributed by atoms with Gasteiger partial charge in [0.05, 0.1) is 17.7 Å². The second-order valence-corrected chi connectivity index (χ2v) is 5.21. The maximum Gasteiger partial charge on any atom is 0.270 e. The minimum absolute atomic E-state index is 0.0842. The number of benzene rings is 1. The van der Waals surface area contributed by atoms with Gasteiger partial charge in [0.1, 0.15) is 5.76 Å². The van der Waals surface area contributed by atoms with E-state index in [0.29, 0.717) is 10.4 Å². The fourth-order valence-electron chi connectivity index (χ4n) is 1.63. The zero-order valence-electron chi connectivity index (χ0n) is 12.1. The molecule has 0 saturated heterocycles. The van der Waals surface area contributed by atoms with Gasteiger partial charge in [-0.2, -0.15) is 5.10 Å². The predicted molar refractivity (Wildman–Crippen MR) is 87.6 cm³/mol. The predicted octanol–water partition coefficient (Wildman–Crippen LogP) is 1.83. The summed E-state index contributed by atoms with van der Waals surface area (Å²) in [5.41, 5.74) is 2.09. The first kappa shape index (κ1) is 17.3. The number of nitrogens with zero attached hydrogens (tertiary/aromatic N) is 2. The highest BCUT2D eigenvalue weighted by Crippen LogP contribution is 2.13. The van der Waals surface area contributed by atoms with E-state index < -0.39 is 16.7 Å². The summed E-state index contributed by atoms with van der Waals surface area (Å²) in [6.07, 6.45) is 1.30. The molecule has 2 rings (SSSR count). The Bertz CT molecular complexity index is 802. The lowest BCUT2D eigenvalue weighted by Gasteiger charge is -2.04. The number of carbonyl (C=O) groups is 2. The lowest BCUT2D eigenvalue weighted by molar-refractivity contribution is -0.384. The van der Waals surface area contributed by atoms with Crippen molar-refractivity contribution in [2.75, 3.05) is 6.54 Å². The van der Waals surface area contributed by atoms with Crippen molar-refractivity contribution in [1.82, 2.24) is 10.7 Å². The Hall–Kier alpha value is -3.01. The van der Waals surface area contributed by atoms with Gasteiger partial charge in [-0.3, -0.25) is 19.7 Å². The van der Waals surface area contributed by atoms with E-state index in [1.54, 1.807) is 12.1 Å². The van der Waals surface area contributed by atoms with Crippen molar-refractivity contribution >= 4 is 39.6 Å². The molecule has 0 atom stereocenters. The fraction of sp³-hybridized carbons (Fsp3) is 0.0714. The molecule has 0 aliphatic rings. The number of nitrogens with one attached hydrogen (secondary N) is 2. The van der Waals surface area contributed by atoms with Crippen LogP contribution in [0, 0.1) is 10.1 Å². The van der Waals surface area contributed by atoms with Gasteiger partial charge in [0.2, 0.25) is 0 Å². The summed E-state index contributed by atoms with van der Waals surface area (Å²) in [4.78, 5) is 33.5. The monoisotopic (exact) mass is 394 g/mol. The van der Waals surface area contributed by atoms with Crippen molar-refractivity contribution in [3.8, 4) is 0 Å². The highest BCUT2D eigenvalue weighted by Gasteiger charge is 2.12. The van der Waals surface area contributed by atoms with Crippen LogP contribution >= 0.6 is 15.9 Å². The lowest BCUT2D eigenvalue weighted by atomic mass is 10.2. The summed E-state index contributed by atoms with van der Waals surface area (Å²) in [5.74, 6) is -0.730. The number of hydrazone groups is 1. The summed E-state index contributed by atoms with van der Waals surface area (Å²) in [6, 6.07) is 8.50. The van der Waals surface area contributed by atoms with Crippen LogP contribution in [0.3, 0.4) is 0 Å². The number of nitro benzene ring substituents is 1. The zero-order chi connectivity index (χ0) is 17.5. The fourth-order valence-corrected chi connectivity index (χ4v) is 1.95. The number of halogens is 1. The molecule has 0 radical (unpaired) electrons. The van der Waals surface area contributed by atoms with Crippen molar-refractivity contribution < 1.29 is 18.9 Å². The van der Waals surface area contributed by atoms with Crippen molar-refractivity contribution in [2.24, 2.45) is 5.10 Å². The van der Waals surface area contributed by atoms with Gasteiger partial charge < -0.3 is 9.73 Å². The van der Waals surface area contributed by atoms with E-state index in [1.807, 2.05) is 0 Å². The average Bonchev–Trinajstić information content (AvgIpc) is 2.98. The number of nitro groups is 1. The molecular weight excluding hydrogens is 384 g/mol. The molecule has 0 fully saturated rings. The maximum atomic E-state index is 11.8. The number of furan rings is 1. The molecule has 0 aliphatic carbocycles. The molecule has 2 N–H and O–H groups in total. The second-order valence-electron chi connectivity index (χ2n) is 4.43. The van der Waals surface area contributed by atoms with Crippen molar-refractivity contribution in [1.29, 1.82) is 0 Å². The molecule has 0 bridgehead atoms. The van der Waals surface area contributed by atoms with Gasteiger partial charge >= 0.3 is 0 Å². The van der Waals surface area contributed by atoms with Gasteiger partial charge in [-0.1, -0.05) is 6.07 Å². The highest BCUT2D eigenvalue weighted by atomic mass is 79.9. The van der Waals surface area contributed by atoms with Crippen LogP contribution < -0.4 is 10.7 Å². The first-order valence-electron chi connectivity index (χ1n) is 6.55. The topological polar surface area (TPSA) is 127 Å². The van der Waals surface area contributed by atoms with Gasteiger partial charge in [-0.05, 0) is 34.1 Å². The van der Waals surface area contributed by atoms with Crippen LogP contribution in [0.25, 0.3) is 0 Å². The number of non-ortho nitro benzene ring substituents is 1. The Morgan fingerprint density at radius 3 is 2.79 bits per heavy atom. The maximum absolute atomic E-state index is 11.8. The molecule has 2 aromatic rings. The van der Waals surface area contributed by atoms with E-state index in [-0.39, 0.29) is 17.8 Å². The summed E-state index contributed by atoms with van der Waals surface area (Å²) in [5, 5.41) is 16.7. The van der Waals surface area contributed by atoms with Crippen LogP contribution in [0.1, 0.15) is 16.1 Å². The standard InChI is InChI=1S/C14H11BrN4O5/c15-12-5-4-11(24-12)7-17-18-13(20)8-16-14(21)9-2-1-3-10(6-9)19(22)23/h1-7H,8H2,(H,16,21)(H,18,20). The third-order valence-electron chi connectivity index (χ3n) is 2.70. The van der Waals surface area contributed by atoms with E-state index in [4.69, 9.17) is 4.42 Å². The number of rotatable bonds is 6. The first-order chi connectivity index (χ1) is 11.5. The Morgan fingerprint density at radius 1 is 1.33 bits per heavy atom. The van der Waals surface area contributed by atoms with Crippen LogP contribution in [0.5, 0.6) is 0 Å². The van der Waals surface area contributed by atoms with Gasteiger partial charge in [-0.25, -0.2) is 5.43 Å². The molecule has 0 unspecified atom stereocenters. The van der Waals surface area contributed by atoms with Gasteiger partial charge in [0.15, 0.2) is 4.67 Å². The number of hydrogen-bond donors (Lipinski definition) is 2. The van der Waals surface area contributed by atoms with E-state index in [1.165, 1.54) is 24.4 Å². The number of hydrogen-bond acceptors (Lipinski definition) is 6. The summed E-state index contributed by atoms with van der Waals surface area (Å²) in [7, 11) is 0. The molecule has 10 heteroatoms. The summed E-state index contributed by atoms with van der Waals surface area (Å²) < 4.78 is 5.67. The molecule has 124 valence electrons. The lowest BCUT2D eigenvalue weighted by Crippen LogP contribution is -2.34. The van der Waals surface area contributed by atoms with E-state index in [0.717, 1.165) is 6.07 Å². The van der Waals surface area contributed by atoms with Gasteiger partial charge in [0.25, 0.3) is 17.5 Å². The molecule has 0 spiro atoms. The molecule has 2 amide bonds. The van der Waals surface area contributed by atoms with Gasteiger partial charge in [0, 0.05) is 17.7 Å². The first-order valence-corrected chi connectivity index (χ1v) is 7.35. The smallest absolute Gasteiger partial charge is 0.270 e. The zero-order valence-corrected chi connectivity index (χ0v) is 13.6. The normalized spacial score (nSPS) is 10.5. The molecule has 1 heterocycles. The number of carbonyl (C=O) groups excluding carboxylic acids is 2. The molecular formula is C14H11BrN4O5. The molecule has 24 heavy (non-hydrogen) atoms. The van der Waals surface area contributed by atoms with Crippen molar-refractivity contribution in [2.45, 2.75) is 0 Å². The summed E-state index contributed by atoms with van der Waals surface area (Å²) >= 11 is 3.12. The largest absolute Gasteiger partial charge is 0.448 e. The average molecular weight is 395 g/mol. The minimum atomic E-state index is -0.606. The van der Waals surface area contributed by atoms with Crippen LogP contribution in [0.15, 0.2) is 50.6 Å². The Morgan fingerprint density at radius 2 is 2.12 bits per heavy atom. The molecule has 9 nitrogen and oxygen atoms in total. The summed E-state index contributed by atoms with van der Waals surface area (Å²) in [6.45, 7) is -0.333. The van der Waals surface area contributed by atoms with Crippen LogP contribution in [-0.2, 0) is 4.79 Å². The van der Waals surface area contributed by atoms with E-state index in [2.05, 4.69) is 31.8 Å². The van der Waals surface area contributed by atoms with Crippen LogP contribution in [-0.4, -0.2) is 29.5 Å². The van der Waals surface area contributed by atoms with Crippen molar-refractivity contribution in [3.63, 3.8) is 0 Å². The Labute approximate surface area is 144 Å². The van der Waals surface area contributed by atoms with E-state index in [9.17, 15) is 19.7 Å². The second kappa shape index (κ2) is 8.02. The van der Waals surface area contributed by atoms with Crippen molar-refractivity contribution in [3.05, 3.63) is 62.5 Å². The molecule has 0 aliphatic heterocycles. The van der Waals surface area contributed by atoms with Gasteiger partial charge in [-0.15, -0.1) is 0 Å². The third kappa shape index (κ3) is 5.02. The third-order valence-corrected chi connectivity index (χ3v) is 3.13. The Kier molecular flexibility index (Phi) is 5.79. The quantitative estimate of drug-likeness (QED) is 0.438. The minimum Gasteiger partial charge on any atom is -0.448 e. The molecule has 1 aromatic carbocycles. The molecule has 0 saturated carbocycles. The van der Waals surface area contributed by atoms with E-state index >= 15 is 0 Å². The van der Waals surface area contributed by atoms with Crippen LogP contribution in [0.2, 0.25) is 0 Å². The SMILES string of the molecule is O=C(CNC(=O)c1cccc([N+](=O)[O-])c1)NN=Cc1ccc(Br)o1. The Balaban J connectivity index is 1.82. The highest BCUT2D eigenvalue weighted by molar-refractivity contribution is 9.10. The van der Waals surface area contributed by atoms with Crippen LogP contribution in [0.4, 0.5) is 5.69 Å². The molecule has 1 aromatic heterocycles.